The maximum absolute atomic E-state index is 12.7. The number of para-hydroxylation sites is 1. The van der Waals surface area contributed by atoms with Crippen molar-refractivity contribution in [3.8, 4) is 5.75 Å². The molecule has 0 aliphatic heterocycles. The number of carbonyl (C=O) groups is 2. The maximum Gasteiger partial charge on any atom is 0.265 e. The summed E-state index contributed by atoms with van der Waals surface area (Å²) < 4.78 is 5.16. The quantitative estimate of drug-likeness (QED) is 0.695. The highest BCUT2D eigenvalue weighted by Gasteiger charge is 2.15. The zero-order valence-electron chi connectivity index (χ0n) is 14.4. The third kappa shape index (κ3) is 4.10. The number of ether oxygens (including phenoxy) is 1. The highest BCUT2D eigenvalue weighted by molar-refractivity contribution is 7.14. The van der Waals surface area contributed by atoms with Crippen molar-refractivity contribution < 1.29 is 14.3 Å². The van der Waals surface area contributed by atoms with Gasteiger partial charge in [0.1, 0.15) is 5.75 Å². The Kier molecular flexibility index (Phi) is 5.34. The number of nitrogens with one attached hydrogen (secondary N) is 2. The number of benzene rings is 2. The van der Waals surface area contributed by atoms with Gasteiger partial charge >= 0.3 is 0 Å². The van der Waals surface area contributed by atoms with Gasteiger partial charge in [-0.15, -0.1) is 11.3 Å². The Hall–Kier alpha value is -3.12. The van der Waals surface area contributed by atoms with Gasteiger partial charge in [0.25, 0.3) is 11.8 Å². The smallest absolute Gasteiger partial charge is 0.265 e. The van der Waals surface area contributed by atoms with Crippen LogP contribution >= 0.6 is 11.3 Å². The molecular formula is C20H18N2O3S. The highest BCUT2D eigenvalue weighted by atomic mass is 32.1. The van der Waals surface area contributed by atoms with Crippen molar-refractivity contribution in [1.82, 2.24) is 0 Å². The van der Waals surface area contributed by atoms with Gasteiger partial charge in [0.15, 0.2) is 0 Å². The number of hydrogen-bond donors (Lipinski definition) is 2. The summed E-state index contributed by atoms with van der Waals surface area (Å²) in [6, 6.07) is 17.7. The van der Waals surface area contributed by atoms with Crippen LogP contribution in [0.5, 0.6) is 5.75 Å². The fraction of sp³-hybridized carbons (Fsp3) is 0.100. The fourth-order valence-corrected chi connectivity index (χ4v) is 3.19. The molecule has 3 aromatic rings. The topological polar surface area (TPSA) is 67.4 Å². The number of carbonyl (C=O) groups excluding carboxylic acids is 2. The first-order valence-corrected chi connectivity index (χ1v) is 8.80. The molecule has 0 fully saturated rings. The number of rotatable bonds is 5. The summed E-state index contributed by atoms with van der Waals surface area (Å²) in [4.78, 5) is 26.7. The Labute approximate surface area is 155 Å². The zero-order valence-corrected chi connectivity index (χ0v) is 15.2. The second-order valence-electron chi connectivity index (χ2n) is 5.60. The Balaban J connectivity index is 1.79. The minimum Gasteiger partial charge on any atom is -0.497 e. The molecule has 0 aliphatic rings. The lowest BCUT2D eigenvalue weighted by Crippen LogP contribution is -2.17. The molecule has 6 heteroatoms. The number of thiophene rings is 1. The van der Waals surface area contributed by atoms with Crippen LogP contribution in [0, 0.1) is 6.92 Å². The van der Waals surface area contributed by atoms with E-state index in [1.807, 2.05) is 13.0 Å². The third-order valence-corrected chi connectivity index (χ3v) is 4.71. The van der Waals surface area contributed by atoms with Crippen LogP contribution in [0.15, 0.2) is 60.7 Å². The normalized spacial score (nSPS) is 10.2. The molecule has 2 N–H and O–H groups in total. The Morgan fingerprint density at radius 2 is 1.73 bits per heavy atom. The maximum atomic E-state index is 12.7. The first-order valence-electron chi connectivity index (χ1n) is 7.99. The molecule has 1 aromatic heterocycles. The summed E-state index contributed by atoms with van der Waals surface area (Å²) in [5, 5.41) is 5.64. The number of anilines is 2. The molecule has 0 aliphatic carbocycles. The molecule has 2 amide bonds. The number of aryl methyl sites for hydroxylation is 1. The van der Waals surface area contributed by atoms with E-state index >= 15 is 0 Å². The lowest BCUT2D eigenvalue weighted by Gasteiger charge is -2.11. The van der Waals surface area contributed by atoms with Crippen LogP contribution < -0.4 is 15.4 Å². The summed E-state index contributed by atoms with van der Waals surface area (Å²) in [6.07, 6.45) is 0. The predicted molar refractivity (Wildman–Crippen MR) is 104 cm³/mol. The first kappa shape index (κ1) is 17.7. The van der Waals surface area contributed by atoms with Crippen LogP contribution in [-0.4, -0.2) is 18.9 Å². The van der Waals surface area contributed by atoms with Gasteiger partial charge in [-0.05, 0) is 43.3 Å². The van der Waals surface area contributed by atoms with Crippen molar-refractivity contribution in [2.75, 3.05) is 17.7 Å². The molecule has 5 nitrogen and oxygen atoms in total. The van der Waals surface area contributed by atoms with Crippen LogP contribution in [0.4, 0.5) is 11.4 Å². The highest BCUT2D eigenvalue weighted by Crippen LogP contribution is 2.22. The SMILES string of the molecule is COc1cccc(NC(=O)c2ccccc2NC(=O)c2ccc(C)s2)c1. The van der Waals surface area contributed by atoms with Crippen molar-refractivity contribution in [3.05, 3.63) is 76.0 Å². The molecule has 0 radical (unpaired) electrons. The van der Waals surface area contributed by atoms with Crippen LogP contribution in [0.3, 0.4) is 0 Å². The second-order valence-corrected chi connectivity index (χ2v) is 6.88. The van der Waals surface area contributed by atoms with Crippen LogP contribution in [-0.2, 0) is 0 Å². The molecule has 0 atom stereocenters. The largest absolute Gasteiger partial charge is 0.497 e. The van der Waals surface area contributed by atoms with Gasteiger partial charge in [-0.25, -0.2) is 0 Å². The minimum absolute atomic E-state index is 0.232. The van der Waals surface area contributed by atoms with E-state index in [4.69, 9.17) is 4.74 Å². The van der Waals surface area contributed by atoms with E-state index in [1.54, 1.807) is 61.7 Å². The van der Waals surface area contributed by atoms with Crippen molar-refractivity contribution in [2.45, 2.75) is 6.92 Å². The summed E-state index contributed by atoms with van der Waals surface area (Å²) in [5.41, 5.74) is 1.46. The Bertz CT molecular complexity index is 949. The third-order valence-electron chi connectivity index (χ3n) is 3.71. The minimum atomic E-state index is -0.309. The van der Waals surface area contributed by atoms with Gasteiger partial charge in [-0.3, -0.25) is 9.59 Å². The zero-order chi connectivity index (χ0) is 18.5. The number of methoxy groups -OCH3 is 1. The molecule has 0 saturated carbocycles. The van der Waals surface area contributed by atoms with Crippen molar-refractivity contribution >= 4 is 34.5 Å². The van der Waals surface area contributed by atoms with Gasteiger partial charge in [-0.1, -0.05) is 18.2 Å². The van der Waals surface area contributed by atoms with E-state index in [-0.39, 0.29) is 11.8 Å². The van der Waals surface area contributed by atoms with Gasteiger partial charge in [-0.2, -0.15) is 0 Å². The lowest BCUT2D eigenvalue weighted by molar-refractivity contribution is 0.102. The van der Waals surface area contributed by atoms with E-state index < -0.39 is 0 Å². The summed E-state index contributed by atoms with van der Waals surface area (Å²) in [5.74, 6) is 0.110. The van der Waals surface area contributed by atoms with Gasteiger partial charge < -0.3 is 15.4 Å². The molecular weight excluding hydrogens is 348 g/mol. The van der Waals surface area contributed by atoms with Crippen molar-refractivity contribution in [3.63, 3.8) is 0 Å². The molecule has 132 valence electrons. The summed E-state index contributed by atoms with van der Waals surface area (Å²) >= 11 is 1.41. The van der Waals surface area contributed by atoms with E-state index in [0.29, 0.717) is 27.6 Å². The van der Waals surface area contributed by atoms with Crippen molar-refractivity contribution in [1.29, 1.82) is 0 Å². The van der Waals surface area contributed by atoms with Gasteiger partial charge in [0, 0.05) is 16.6 Å². The van der Waals surface area contributed by atoms with E-state index in [0.717, 1.165) is 4.88 Å². The Morgan fingerprint density at radius 3 is 2.46 bits per heavy atom. The van der Waals surface area contributed by atoms with Crippen molar-refractivity contribution in [2.24, 2.45) is 0 Å². The molecule has 0 spiro atoms. The Morgan fingerprint density at radius 1 is 0.923 bits per heavy atom. The molecule has 3 rings (SSSR count). The molecule has 0 unspecified atom stereocenters. The standard InChI is InChI=1S/C20H18N2O3S/c1-13-10-11-18(26-13)20(24)22-17-9-4-3-8-16(17)19(23)21-14-6-5-7-15(12-14)25-2/h3-12H,1-2H3,(H,21,23)(H,22,24). The summed E-state index contributed by atoms with van der Waals surface area (Å²) in [7, 11) is 1.57. The monoisotopic (exact) mass is 366 g/mol. The van der Waals surface area contributed by atoms with Gasteiger partial charge in [0.2, 0.25) is 0 Å². The lowest BCUT2D eigenvalue weighted by atomic mass is 10.1. The molecule has 0 saturated heterocycles. The molecule has 26 heavy (non-hydrogen) atoms. The molecule has 0 bridgehead atoms. The molecule has 1 heterocycles. The summed E-state index contributed by atoms with van der Waals surface area (Å²) in [6.45, 7) is 1.94. The first-order chi connectivity index (χ1) is 12.6. The fourth-order valence-electron chi connectivity index (χ4n) is 2.43. The number of amides is 2. The average Bonchev–Trinajstić information content (AvgIpc) is 3.09. The van der Waals surface area contributed by atoms with Gasteiger partial charge in [0.05, 0.1) is 23.2 Å². The number of hydrogen-bond acceptors (Lipinski definition) is 4. The van der Waals surface area contributed by atoms with Crippen LogP contribution in [0.1, 0.15) is 24.9 Å². The van der Waals surface area contributed by atoms with E-state index in [2.05, 4.69) is 10.6 Å². The molecule has 2 aromatic carbocycles. The predicted octanol–water partition coefficient (Wildman–Crippen LogP) is 4.57. The second kappa shape index (κ2) is 7.84. The van der Waals surface area contributed by atoms with Crippen LogP contribution in [0.2, 0.25) is 0 Å². The van der Waals surface area contributed by atoms with E-state index in [1.165, 1.54) is 11.3 Å². The van der Waals surface area contributed by atoms with Crippen LogP contribution in [0.25, 0.3) is 0 Å². The van der Waals surface area contributed by atoms with E-state index in [9.17, 15) is 9.59 Å². The average molecular weight is 366 g/mol.